The molecule has 0 aliphatic carbocycles. The van der Waals surface area contributed by atoms with E-state index in [-0.39, 0.29) is 5.75 Å². The van der Waals surface area contributed by atoms with E-state index < -0.39 is 15.1 Å². The fraction of sp³-hybridized carbons (Fsp3) is 0.364. The van der Waals surface area contributed by atoms with Crippen molar-refractivity contribution in [2.75, 3.05) is 5.75 Å². The molecule has 0 saturated carbocycles. The smallest absolute Gasteiger partial charge is 0.157 e. The topological polar surface area (TPSA) is 51.2 Å². The number of benzene rings is 1. The van der Waals surface area contributed by atoms with Gasteiger partial charge in [-0.3, -0.25) is 4.79 Å². The third-order valence-corrected chi connectivity index (χ3v) is 5.01. The number of sulfone groups is 1. The van der Waals surface area contributed by atoms with Crippen molar-refractivity contribution in [1.82, 2.24) is 0 Å². The van der Waals surface area contributed by atoms with Gasteiger partial charge in [0.2, 0.25) is 0 Å². The van der Waals surface area contributed by atoms with Crippen LogP contribution in [0.3, 0.4) is 0 Å². The predicted molar refractivity (Wildman–Crippen MR) is 57.6 cm³/mol. The Morgan fingerprint density at radius 1 is 1.27 bits per heavy atom. The molecule has 1 aromatic rings. The predicted octanol–water partition coefficient (Wildman–Crippen LogP) is 1.75. The standard InChI is InChI=1S/C11H12O3S/c12-8-9-4-1-2-5-10(9)11-6-3-7-15(11,13)14/h1-2,4-5,8,11H,3,6-7H2. The summed E-state index contributed by atoms with van der Waals surface area (Å²) in [5.41, 5.74) is 1.15. The molecular formula is C11H12O3S. The highest BCUT2D eigenvalue weighted by Crippen LogP contribution is 2.35. The fourth-order valence-corrected chi connectivity index (χ4v) is 4.03. The molecule has 0 N–H and O–H groups in total. The maximum atomic E-state index is 11.7. The van der Waals surface area contributed by atoms with E-state index in [9.17, 15) is 13.2 Å². The zero-order valence-electron chi connectivity index (χ0n) is 8.22. The van der Waals surface area contributed by atoms with Crippen molar-refractivity contribution in [2.24, 2.45) is 0 Å². The second-order valence-electron chi connectivity index (χ2n) is 3.74. The average Bonchev–Trinajstić information content (AvgIpc) is 2.58. The Kier molecular flexibility index (Phi) is 2.61. The lowest BCUT2D eigenvalue weighted by Crippen LogP contribution is -2.09. The van der Waals surface area contributed by atoms with Crippen LogP contribution in [-0.4, -0.2) is 20.5 Å². The van der Waals surface area contributed by atoms with Crippen LogP contribution >= 0.6 is 0 Å². The molecule has 1 atom stereocenters. The number of rotatable bonds is 2. The molecular weight excluding hydrogens is 212 g/mol. The van der Waals surface area contributed by atoms with Gasteiger partial charge in [0.15, 0.2) is 9.84 Å². The molecule has 0 radical (unpaired) electrons. The first kappa shape index (κ1) is 10.4. The van der Waals surface area contributed by atoms with Gasteiger partial charge in [0.1, 0.15) is 6.29 Å². The molecule has 1 aliphatic heterocycles. The van der Waals surface area contributed by atoms with Crippen LogP contribution in [0.4, 0.5) is 0 Å². The molecule has 15 heavy (non-hydrogen) atoms. The number of aldehydes is 1. The van der Waals surface area contributed by atoms with Crippen LogP contribution < -0.4 is 0 Å². The molecule has 1 aliphatic rings. The van der Waals surface area contributed by atoms with Gasteiger partial charge in [-0.1, -0.05) is 24.3 Å². The lowest BCUT2D eigenvalue weighted by molar-refractivity contribution is 0.112. The van der Waals surface area contributed by atoms with E-state index in [1.807, 2.05) is 0 Å². The van der Waals surface area contributed by atoms with Crippen LogP contribution in [0.2, 0.25) is 0 Å². The minimum atomic E-state index is -3.03. The van der Waals surface area contributed by atoms with Crippen molar-refractivity contribution in [3.8, 4) is 0 Å². The third kappa shape index (κ3) is 1.81. The minimum Gasteiger partial charge on any atom is -0.298 e. The number of hydrogen-bond acceptors (Lipinski definition) is 3. The lowest BCUT2D eigenvalue weighted by atomic mass is 10.0. The highest BCUT2D eigenvalue weighted by molar-refractivity contribution is 7.91. The summed E-state index contributed by atoms with van der Waals surface area (Å²) >= 11 is 0. The van der Waals surface area contributed by atoms with Gasteiger partial charge in [-0.2, -0.15) is 0 Å². The Hall–Kier alpha value is -1.16. The summed E-state index contributed by atoms with van der Waals surface area (Å²) < 4.78 is 23.4. The van der Waals surface area contributed by atoms with Gasteiger partial charge in [0.25, 0.3) is 0 Å². The van der Waals surface area contributed by atoms with E-state index in [1.54, 1.807) is 24.3 Å². The molecule has 0 spiro atoms. The van der Waals surface area contributed by atoms with Gasteiger partial charge >= 0.3 is 0 Å². The maximum absolute atomic E-state index is 11.7. The minimum absolute atomic E-state index is 0.241. The van der Waals surface area contributed by atoms with E-state index in [0.717, 1.165) is 6.29 Å². The Balaban J connectivity index is 2.50. The zero-order valence-corrected chi connectivity index (χ0v) is 9.03. The Morgan fingerprint density at radius 3 is 2.60 bits per heavy atom. The number of carbonyl (C=O) groups is 1. The van der Waals surface area contributed by atoms with Crippen molar-refractivity contribution in [2.45, 2.75) is 18.1 Å². The summed E-state index contributed by atoms with van der Waals surface area (Å²) in [7, 11) is -3.03. The molecule has 2 rings (SSSR count). The van der Waals surface area contributed by atoms with Crippen LogP contribution in [0.5, 0.6) is 0 Å². The molecule has 1 aromatic carbocycles. The summed E-state index contributed by atoms with van der Waals surface area (Å²) in [5.74, 6) is 0.241. The highest BCUT2D eigenvalue weighted by atomic mass is 32.2. The molecule has 0 amide bonds. The van der Waals surface area contributed by atoms with Crippen molar-refractivity contribution >= 4 is 16.1 Å². The average molecular weight is 224 g/mol. The second kappa shape index (κ2) is 3.77. The number of hydrogen-bond donors (Lipinski definition) is 0. The second-order valence-corrected chi connectivity index (χ2v) is 6.05. The first-order chi connectivity index (χ1) is 7.15. The van der Waals surface area contributed by atoms with Gasteiger partial charge in [-0.25, -0.2) is 8.42 Å². The normalized spacial score (nSPS) is 23.9. The SMILES string of the molecule is O=Cc1ccccc1C1CCCS1(=O)=O. The molecule has 80 valence electrons. The van der Waals surface area contributed by atoms with Crippen LogP contribution in [0.1, 0.15) is 34.0 Å². The van der Waals surface area contributed by atoms with Crippen molar-refractivity contribution in [3.63, 3.8) is 0 Å². The van der Waals surface area contributed by atoms with Gasteiger partial charge in [-0.05, 0) is 18.4 Å². The number of carbonyl (C=O) groups excluding carboxylic acids is 1. The first-order valence-electron chi connectivity index (χ1n) is 4.91. The van der Waals surface area contributed by atoms with E-state index in [1.165, 1.54) is 0 Å². The monoisotopic (exact) mass is 224 g/mol. The Morgan fingerprint density at radius 2 is 2.00 bits per heavy atom. The van der Waals surface area contributed by atoms with E-state index >= 15 is 0 Å². The van der Waals surface area contributed by atoms with Crippen LogP contribution in [0, 0.1) is 0 Å². The van der Waals surface area contributed by atoms with Crippen LogP contribution in [0.15, 0.2) is 24.3 Å². The Labute approximate surface area is 89.0 Å². The Bertz CT molecular complexity index is 476. The van der Waals surface area contributed by atoms with Gasteiger partial charge in [-0.15, -0.1) is 0 Å². The van der Waals surface area contributed by atoms with Crippen molar-refractivity contribution < 1.29 is 13.2 Å². The molecule has 0 aromatic heterocycles. The molecule has 3 nitrogen and oxygen atoms in total. The molecule has 4 heteroatoms. The molecule has 1 heterocycles. The van der Waals surface area contributed by atoms with Crippen molar-refractivity contribution in [3.05, 3.63) is 35.4 Å². The van der Waals surface area contributed by atoms with Crippen LogP contribution in [0.25, 0.3) is 0 Å². The molecule has 1 fully saturated rings. The molecule has 0 bridgehead atoms. The largest absolute Gasteiger partial charge is 0.298 e. The van der Waals surface area contributed by atoms with E-state index in [2.05, 4.69) is 0 Å². The summed E-state index contributed by atoms with van der Waals surface area (Å²) in [5, 5.41) is -0.473. The fourth-order valence-electron chi connectivity index (χ4n) is 2.05. The van der Waals surface area contributed by atoms with Crippen LogP contribution in [-0.2, 0) is 9.84 Å². The first-order valence-corrected chi connectivity index (χ1v) is 6.62. The molecule has 1 unspecified atom stereocenters. The maximum Gasteiger partial charge on any atom is 0.157 e. The molecule has 1 saturated heterocycles. The summed E-state index contributed by atoms with van der Waals surface area (Å²) in [6.45, 7) is 0. The summed E-state index contributed by atoms with van der Waals surface area (Å²) in [6.07, 6.45) is 2.05. The third-order valence-electron chi connectivity index (χ3n) is 2.80. The van der Waals surface area contributed by atoms with Crippen molar-refractivity contribution in [1.29, 1.82) is 0 Å². The van der Waals surface area contributed by atoms with Gasteiger partial charge in [0, 0.05) is 5.56 Å². The zero-order chi connectivity index (χ0) is 10.9. The van der Waals surface area contributed by atoms with Gasteiger partial charge in [0.05, 0.1) is 11.0 Å². The van der Waals surface area contributed by atoms with E-state index in [4.69, 9.17) is 0 Å². The summed E-state index contributed by atoms with van der Waals surface area (Å²) in [6, 6.07) is 6.92. The summed E-state index contributed by atoms with van der Waals surface area (Å²) in [4.78, 5) is 10.8. The highest BCUT2D eigenvalue weighted by Gasteiger charge is 2.33. The lowest BCUT2D eigenvalue weighted by Gasteiger charge is -2.11. The quantitative estimate of drug-likeness (QED) is 0.719. The van der Waals surface area contributed by atoms with E-state index in [0.29, 0.717) is 24.0 Å². The van der Waals surface area contributed by atoms with Gasteiger partial charge < -0.3 is 0 Å².